The van der Waals surface area contributed by atoms with E-state index in [4.69, 9.17) is 30.4 Å². The molecule has 0 bridgehead atoms. The number of halogens is 1. The Hall–Kier alpha value is -2.46. The molecule has 0 saturated heterocycles. The van der Waals surface area contributed by atoms with E-state index in [0.29, 0.717) is 68.7 Å². The summed E-state index contributed by atoms with van der Waals surface area (Å²) in [5.74, 6) is 0.311. The summed E-state index contributed by atoms with van der Waals surface area (Å²) in [6, 6.07) is 11.7. The summed E-state index contributed by atoms with van der Waals surface area (Å²) in [7, 11) is 0. The first kappa shape index (κ1) is 23.2. The lowest BCUT2D eigenvalue weighted by Gasteiger charge is -2.13. The van der Waals surface area contributed by atoms with Gasteiger partial charge in [0.15, 0.2) is 0 Å². The molecule has 0 aliphatic carbocycles. The molecule has 0 saturated carbocycles. The Labute approximate surface area is 190 Å². The smallest absolute Gasteiger partial charge is 0.319 e. The van der Waals surface area contributed by atoms with Gasteiger partial charge in [-0.15, -0.1) is 0 Å². The highest BCUT2D eigenvalue weighted by molar-refractivity contribution is 9.10. The van der Waals surface area contributed by atoms with E-state index in [1.165, 1.54) is 0 Å². The van der Waals surface area contributed by atoms with E-state index in [1.807, 2.05) is 43.3 Å². The van der Waals surface area contributed by atoms with Crippen LogP contribution in [0.2, 0.25) is 0 Å². The van der Waals surface area contributed by atoms with Crippen LogP contribution in [0.5, 0.6) is 6.01 Å². The highest BCUT2D eigenvalue weighted by Gasteiger charge is 2.15. The molecule has 0 spiro atoms. The summed E-state index contributed by atoms with van der Waals surface area (Å²) in [5, 5.41) is 0.700. The Morgan fingerprint density at radius 1 is 0.871 bits per heavy atom. The van der Waals surface area contributed by atoms with Gasteiger partial charge in [-0.25, -0.2) is 0 Å². The predicted molar refractivity (Wildman–Crippen MR) is 125 cm³/mol. The number of nitrogens with zero attached hydrogens (tertiary/aromatic N) is 2. The average Bonchev–Trinajstić information content (AvgIpc) is 2.75. The maximum Gasteiger partial charge on any atom is 0.319 e. The van der Waals surface area contributed by atoms with Crippen molar-refractivity contribution in [1.82, 2.24) is 9.97 Å². The minimum absolute atomic E-state index is 0.200. The lowest BCUT2D eigenvalue weighted by Crippen LogP contribution is -2.13. The zero-order chi connectivity index (χ0) is 22.1. The number of rotatable bonds is 12. The predicted octanol–water partition coefficient (Wildman–Crippen LogP) is 3.67. The molecule has 31 heavy (non-hydrogen) atoms. The van der Waals surface area contributed by atoms with Crippen LogP contribution in [0.25, 0.3) is 22.0 Å². The van der Waals surface area contributed by atoms with Crippen LogP contribution in [0.1, 0.15) is 6.92 Å². The molecule has 2 aromatic carbocycles. The Kier molecular flexibility index (Phi) is 8.84. The fraction of sp³-hybridized carbons (Fsp3) is 0.364. The van der Waals surface area contributed by atoms with Gasteiger partial charge < -0.3 is 30.4 Å². The van der Waals surface area contributed by atoms with E-state index in [0.717, 1.165) is 15.6 Å². The molecular weight excluding hydrogens is 464 g/mol. The second-order valence-corrected chi connectivity index (χ2v) is 7.51. The number of hydrogen-bond donors (Lipinski definition) is 2. The molecular formula is C22H27BrN4O4. The normalized spacial score (nSPS) is 11.2. The van der Waals surface area contributed by atoms with Gasteiger partial charge in [-0.1, -0.05) is 28.1 Å². The van der Waals surface area contributed by atoms with Gasteiger partial charge in [0.05, 0.1) is 43.9 Å². The summed E-state index contributed by atoms with van der Waals surface area (Å²) in [4.78, 5) is 8.80. The lowest BCUT2D eigenvalue weighted by atomic mass is 9.99. The Bertz CT molecular complexity index is 1000. The van der Waals surface area contributed by atoms with Crippen LogP contribution in [0, 0.1) is 0 Å². The number of nitrogens with two attached hydrogens (primary N) is 2. The van der Waals surface area contributed by atoms with Crippen LogP contribution >= 0.6 is 15.9 Å². The molecule has 166 valence electrons. The van der Waals surface area contributed by atoms with Crippen LogP contribution in [-0.4, -0.2) is 56.2 Å². The first-order chi connectivity index (χ1) is 15.1. The molecule has 0 amide bonds. The van der Waals surface area contributed by atoms with Gasteiger partial charge in [-0.2, -0.15) is 9.97 Å². The van der Waals surface area contributed by atoms with E-state index in [9.17, 15) is 0 Å². The highest BCUT2D eigenvalue weighted by atomic mass is 79.9. The van der Waals surface area contributed by atoms with Gasteiger partial charge in [0.2, 0.25) is 0 Å². The summed E-state index contributed by atoms with van der Waals surface area (Å²) in [6.07, 6.45) is 0. The number of ether oxygens (including phenoxy) is 4. The Morgan fingerprint density at radius 2 is 1.58 bits per heavy atom. The molecule has 4 N–H and O–H groups in total. The van der Waals surface area contributed by atoms with Gasteiger partial charge in [-0.3, -0.25) is 0 Å². The van der Waals surface area contributed by atoms with E-state index in [1.54, 1.807) is 0 Å². The summed E-state index contributed by atoms with van der Waals surface area (Å²) >= 11 is 3.49. The molecule has 1 heterocycles. The van der Waals surface area contributed by atoms with Crippen molar-refractivity contribution in [3.63, 3.8) is 0 Å². The monoisotopic (exact) mass is 490 g/mol. The third-order valence-electron chi connectivity index (χ3n) is 4.42. The van der Waals surface area contributed by atoms with Crippen LogP contribution in [0.15, 0.2) is 40.9 Å². The fourth-order valence-electron chi connectivity index (χ4n) is 3.04. The Balaban J connectivity index is 1.60. The maximum absolute atomic E-state index is 6.27. The number of benzene rings is 2. The van der Waals surface area contributed by atoms with E-state index < -0.39 is 0 Å². The molecule has 0 aliphatic rings. The topological polar surface area (TPSA) is 115 Å². The first-order valence-corrected chi connectivity index (χ1v) is 10.9. The van der Waals surface area contributed by atoms with Crippen molar-refractivity contribution >= 4 is 38.3 Å². The molecule has 0 unspecified atom stereocenters. The number of hydrogen-bond acceptors (Lipinski definition) is 8. The number of anilines is 2. The Morgan fingerprint density at radius 3 is 2.29 bits per heavy atom. The van der Waals surface area contributed by atoms with Crippen molar-refractivity contribution in [2.24, 2.45) is 0 Å². The van der Waals surface area contributed by atoms with Crippen LogP contribution in [0.3, 0.4) is 0 Å². The van der Waals surface area contributed by atoms with E-state index in [-0.39, 0.29) is 6.01 Å². The highest BCUT2D eigenvalue weighted by Crippen LogP contribution is 2.37. The summed E-state index contributed by atoms with van der Waals surface area (Å²) in [5.41, 5.74) is 15.5. The zero-order valence-electron chi connectivity index (χ0n) is 17.5. The van der Waals surface area contributed by atoms with Crippen molar-refractivity contribution in [3.8, 4) is 17.1 Å². The quantitative estimate of drug-likeness (QED) is 0.291. The van der Waals surface area contributed by atoms with Crippen molar-refractivity contribution in [2.75, 3.05) is 57.7 Å². The lowest BCUT2D eigenvalue weighted by molar-refractivity contribution is 0.0109. The number of aromatic nitrogens is 2. The maximum atomic E-state index is 6.27. The average molecular weight is 491 g/mol. The number of nitrogen functional groups attached to an aromatic ring is 2. The summed E-state index contributed by atoms with van der Waals surface area (Å²) in [6.45, 7) is 5.47. The molecule has 3 aromatic rings. The van der Waals surface area contributed by atoms with Crippen molar-refractivity contribution in [3.05, 3.63) is 40.9 Å². The van der Waals surface area contributed by atoms with Gasteiger partial charge in [0, 0.05) is 22.3 Å². The van der Waals surface area contributed by atoms with Crippen LogP contribution in [0.4, 0.5) is 11.5 Å². The molecule has 8 nitrogen and oxygen atoms in total. The van der Waals surface area contributed by atoms with Gasteiger partial charge in [0.25, 0.3) is 0 Å². The fourth-order valence-corrected chi connectivity index (χ4v) is 3.44. The molecule has 0 fully saturated rings. The zero-order valence-corrected chi connectivity index (χ0v) is 19.1. The second-order valence-electron chi connectivity index (χ2n) is 6.60. The van der Waals surface area contributed by atoms with E-state index in [2.05, 4.69) is 25.9 Å². The third-order valence-corrected chi connectivity index (χ3v) is 4.92. The van der Waals surface area contributed by atoms with E-state index >= 15 is 0 Å². The SMILES string of the molecule is CCOCCOCCOCCOc1nc(N)c2c(-c3cccc(Br)c3)c(N)ccc2n1. The van der Waals surface area contributed by atoms with Gasteiger partial charge in [-0.05, 0) is 36.8 Å². The van der Waals surface area contributed by atoms with Gasteiger partial charge >= 0.3 is 6.01 Å². The van der Waals surface area contributed by atoms with Crippen LogP contribution in [-0.2, 0) is 14.2 Å². The van der Waals surface area contributed by atoms with Crippen molar-refractivity contribution in [2.45, 2.75) is 6.92 Å². The van der Waals surface area contributed by atoms with Gasteiger partial charge in [0.1, 0.15) is 12.4 Å². The van der Waals surface area contributed by atoms with Crippen molar-refractivity contribution < 1.29 is 18.9 Å². The second kappa shape index (κ2) is 11.8. The summed E-state index contributed by atoms with van der Waals surface area (Å²) < 4.78 is 22.6. The molecule has 9 heteroatoms. The third kappa shape index (κ3) is 6.51. The minimum atomic E-state index is 0.200. The largest absolute Gasteiger partial charge is 0.461 e. The molecule has 3 rings (SSSR count). The molecule has 0 aliphatic heterocycles. The van der Waals surface area contributed by atoms with Crippen LogP contribution < -0.4 is 16.2 Å². The molecule has 0 atom stereocenters. The molecule has 0 radical (unpaired) electrons. The minimum Gasteiger partial charge on any atom is -0.461 e. The van der Waals surface area contributed by atoms with Crippen molar-refractivity contribution in [1.29, 1.82) is 0 Å². The molecule has 1 aromatic heterocycles. The standard InChI is InChI=1S/C22H27BrN4O4/c1-2-28-8-9-29-10-11-30-12-13-31-22-26-18-7-6-17(24)19(20(18)21(25)27-22)15-4-3-5-16(23)14-15/h3-7,14H,2,8-13,24H2,1H3,(H2,25,26,27). The first-order valence-electron chi connectivity index (χ1n) is 10.1. The number of fused-ring (bicyclic) bond motifs is 1.